The van der Waals surface area contributed by atoms with Crippen molar-refractivity contribution in [2.75, 3.05) is 37.6 Å². The van der Waals surface area contributed by atoms with Crippen LogP contribution in [0, 0.1) is 0 Å². The zero-order chi connectivity index (χ0) is 19.6. The second-order valence-electron chi connectivity index (χ2n) is 7.54. The summed E-state index contributed by atoms with van der Waals surface area (Å²) in [4.78, 5) is 15.5. The zero-order valence-corrected chi connectivity index (χ0v) is 17.8. The average Bonchev–Trinajstić information content (AvgIpc) is 3.32. The maximum Gasteiger partial charge on any atom is 0.128 e. The molecule has 1 fully saturated rings. The van der Waals surface area contributed by atoms with Crippen molar-refractivity contribution in [3.05, 3.63) is 70.9 Å². The van der Waals surface area contributed by atoms with Gasteiger partial charge in [0.15, 0.2) is 0 Å². The first-order valence-corrected chi connectivity index (χ1v) is 11.3. The van der Waals surface area contributed by atoms with Crippen molar-refractivity contribution in [3.8, 4) is 10.6 Å². The Balaban J connectivity index is 1.27. The maximum absolute atomic E-state index is 6.83. The fourth-order valence-electron chi connectivity index (χ4n) is 4.12. The van der Waals surface area contributed by atoms with Crippen LogP contribution in [0.25, 0.3) is 15.6 Å². The van der Waals surface area contributed by atoms with E-state index in [9.17, 15) is 0 Å². The van der Waals surface area contributed by atoms with Gasteiger partial charge in [-0.05, 0) is 54.1 Å². The Hall–Kier alpha value is -2.21. The van der Waals surface area contributed by atoms with Gasteiger partial charge in [-0.3, -0.25) is 9.88 Å². The number of halogens is 1. The molecule has 148 valence electrons. The molecule has 0 bridgehead atoms. The molecule has 0 radical (unpaired) electrons. The number of anilines is 1. The molecule has 0 unspecified atom stereocenters. The quantitative estimate of drug-likeness (QED) is 0.597. The Labute approximate surface area is 180 Å². The third-order valence-electron chi connectivity index (χ3n) is 5.72. The molecule has 1 aliphatic heterocycles. The Morgan fingerprint density at radius 1 is 0.966 bits per heavy atom. The van der Waals surface area contributed by atoms with Gasteiger partial charge < -0.3 is 4.90 Å². The van der Waals surface area contributed by atoms with Crippen molar-refractivity contribution < 1.29 is 0 Å². The number of hydrogen-bond donors (Lipinski definition) is 0. The van der Waals surface area contributed by atoms with Crippen LogP contribution in [0.3, 0.4) is 0 Å². The van der Waals surface area contributed by atoms with Crippen molar-refractivity contribution in [2.24, 2.45) is 0 Å². The van der Waals surface area contributed by atoms with Crippen molar-refractivity contribution in [1.82, 2.24) is 14.9 Å². The molecule has 0 spiro atoms. The van der Waals surface area contributed by atoms with E-state index in [1.165, 1.54) is 10.5 Å². The van der Waals surface area contributed by atoms with Crippen LogP contribution in [0.2, 0.25) is 0 Å². The summed E-state index contributed by atoms with van der Waals surface area (Å²) in [6, 6.07) is 14.5. The van der Waals surface area contributed by atoms with E-state index in [2.05, 4.69) is 56.6 Å². The molecule has 0 atom stereocenters. The minimum absolute atomic E-state index is 0.906. The maximum atomic E-state index is 6.83. The Morgan fingerprint density at radius 2 is 1.86 bits per heavy atom. The number of piperazine rings is 1. The molecule has 4 nitrogen and oxygen atoms in total. The highest BCUT2D eigenvalue weighted by Crippen LogP contribution is 2.35. The number of fused-ring (bicyclic) bond motifs is 1. The molecular weight excluding hydrogens is 400 g/mol. The molecule has 3 aromatic rings. The summed E-state index contributed by atoms with van der Waals surface area (Å²) < 4.78 is 0. The summed E-state index contributed by atoms with van der Waals surface area (Å²) in [5.74, 6) is 1.07. The van der Waals surface area contributed by atoms with Gasteiger partial charge in [-0.25, -0.2) is 4.98 Å². The first-order valence-electron chi connectivity index (χ1n) is 10.1. The van der Waals surface area contributed by atoms with Crippen molar-refractivity contribution in [2.45, 2.75) is 12.8 Å². The number of hydrogen-bond acceptors (Lipinski definition) is 5. The smallest absolute Gasteiger partial charge is 0.128 e. The number of thiophene rings is 1. The third-order valence-corrected chi connectivity index (χ3v) is 7.08. The van der Waals surface area contributed by atoms with E-state index in [1.54, 1.807) is 11.3 Å². The first kappa shape index (κ1) is 18.8. The van der Waals surface area contributed by atoms with Crippen LogP contribution in [-0.4, -0.2) is 47.6 Å². The van der Waals surface area contributed by atoms with Gasteiger partial charge in [0.1, 0.15) is 5.82 Å². The Kier molecular flexibility index (Phi) is 5.36. The van der Waals surface area contributed by atoms with E-state index in [1.807, 2.05) is 12.3 Å². The predicted molar refractivity (Wildman–Crippen MR) is 122 cm³/mol. The molecular formula is C23H23ClN4S. The normalized spacial score (nSPS) is 17.5. The molecule has 6 heteroatoms. The standard InChI is InChI=1S/C23H23ClN4S/c24-23-17(16-27-11-13-28(14-12-27)22-5-1-2-10-25-22)6-8-19-18(23)7-9-20(26-19)21-4-3-15-29-21/h1-5,7,9-10,15H,6,8,11-14,16H2. The second kappa shape index (κ2) is 8.27. The number of aryl methyl sites for hydroxylation is 1. The highest BCUT2D eigenvalue weighted by atomic mass is 35.5. The van der Waals surface area contributed by atoms with Gasteiger partial charge in [0.05, 0.1) is 21.3 Å². The lowest BCUT2D eigenvalue weighted by molar-refractivity contribution is 0.275. The summed E-state index contributed by atoms with van der Waals surface area (Å²) in [6.45, 7) is 5.02. The van der Waals surface area contributed by atoms with Gasteiger partial charge in [-0.2, -0.15) is 0 Å². The van der Waals surface area contributed by atoms with E-state index < -0.39 is 0 Å². The highest BCUT2D eigenvalue weighted by molar-refractivity contribution is 7.13. The van der Waals surface area contributed by atoms with E-state index in [0.717, 1.165) is 73.4 Å². The molecule has 3 aromatic heterocycles. The number of pyridine rings is 2. The summed E-state index contributed by atoms with van der Waals surface area (Å²) in [7, 11) is 0. The number of aromatic nitrogens is 2. The lowest BCUT2D eigenvalue weighted by atomic mass is 9.95. The Morgan fingerprint density at radius 3 is 2.62 bits per heavy atom. The van der Waals surface area contributed by atoms with E-state index in [-0.39, 0.29) is 0 Å². The van der Waals surface area contributed by atoms with Crippen LogP contribution < -0.4 is 4.90 Å². The second-order valence-corrected chi connectivity index (χ2v) is 8.86. The largest absolute Gasteiger partial charge is 0.354 e. The molecule has 0 N–H and O–H groups in total. The molecule has 1 saturated heterocycles. The van der Waals surface area contributed by atoms with E-state index in [0.29, 0.717) is 0 Å². The molecule has 5 rings (SSSR count). The van der Waals surface area contributed by atoms with Crippen LogP contribution in [0.1, 0.15) is 17.7 Å². The van der Waals surface area contributed by atoms with Crippen LogP contribution in [0.5, 0.6) is 0 Å². The number of nitrogens with zero attached hydrogens (tertiary/aromatic N) is 4. The fourth-order valence-corrected chi connectivity index (χ4v) is 5.14. The fraction of sp³-hybridized carbons (Fsp3) is 0.304. The summed E-state index contributed by atoms with van der Waals surface area (Å²) in [6.07, 6.45) is 3.82. The van der Waals surface area contributed by atoms with Gasteiger partial charge >= 0.3 is 0 Å². The summed E-state index contributed by atoms with van der Waals surface area (Å²) in [5.41, 5.74) is 4.64. The van der Waals surface area contributed by atoms with Crippen LogP contribution in [-0.2, 0) is 6.42 Å². The molecule has 0 saturated carbocycles. The summed E-state index contributed by atoms with van der Waals surface area (Å²) in [5, 5.41) is 3.00. The molecule has 2 aliphatic rings. The Bertz CT molecular complexity index is 1010. The van der Waals surface area contributed by atoms with Gasteiger partial charge in [-0.1, -0.05) is 23.7 Å². The van der Waals surface area contributed by atoms with E-state index >= 15 is 0 Å². The molecule has 0 aromatic carbocycles. The zero-order valence-electron chi connectivity index (χ0n) is 16.2. The lowest BCUT2D eigenvalue weighted by Gasteiger charge is -2.36. The molecule has 0 amide bonds. The molecule has 1 aliphatic carbocycles. The number of rotatable bonds is 4. The van der Waals surface area contributed by atoms with Crippen LogP contribution >= 0.6 is 22.9 Å². The highest BCUT2D eigenvalue weighted by Gasteiger charge is 2.23. The minimum atomic E-state index is 0.906. The first-order chi connectivity index (χ1) is 14.3. The SMILES string of the molecule is ClC1=C(CN2CCN(c3ccccn3)CC2)CCc2nc(-c3cccs3)ccc21. The predicted octanol–water partition coefficient (Wildman–Crippen LogP) is 4.92. The monoisotopic (exact) mass is 422 g/mol. The van der Waals surface area contributed by atoms with Crippen molar-refractivity contribution in [3.63, 3.8) is 0 Å². The average molecular weight is 423 g/mol. The van der Waals surface area contributed by atoms with Crippen molar-refractivity contribution in [1.29, 1.82) is 0 Å². The topological polar surface area (TPSA) is 32.3 Å². The van der Waals surface area contributed by atoms with Gasteiger partial charge in [0.2, 0.25) is 0 Å². The van der Waals surface area contributed by atoms with Gasteiger partial charge in [-0.15, -0.1) is 11.3 Å². The van der Waals surface area contributed by atoms with Gasteiger partial charge in [0.25, 0.3) is 0 Å². The van der Waals surface area contributed by atoms with E-state index in [4.69, 9.17) is 16.6 Å². The lowest BCUT2D eigenvalue weighted by Crippen LogP contribution is -2.47. The van der Waals surface area contributed by atoms with Gasteiger partial charge in [0, 0.05) is 44.5 Å². The minimum Gasteiger partial charge on any atom is -0.354 e. The van der Waals surface area contributed by atoms with Crippen molar-refractivity contribution >= 4 is 33.8 Å². The summed E-state index contributed by atoms with van der Waals surface area (Å²) >= 11 is 8.56. The van der Waals surface area contributed by atoms with Crippen LogP contribution in [0.15, 0.2) is 59.6 Å². The molecule has 4 heterocycles. The molecule has 29 heavy (non-hydrogen) atoms. The van der Waals surface area contributed by atoms with Crippen LogP contribution in [0.4, 0.5) is 5.82 Å². The third kappa shape index (κ3) is 3.95.